The Hall–Kier alpha value is -8.34. The molecule has 0 radical (unpaired) electrons. The number of benzene rings is 4. The summed E-state index contributed by atoms with van der Waals surface area (Å²) < 4.78 is 30.4. The molecule has 0 spiro atoms. The topological polar surface area (TPSA) is 222 Å². The van der Waals surface area contributed by atoms with Gasteiger partial charge in [-0.15, -0.1) is 0 Å². The molecule has 2 saturated heterocycles. The quantitative estimate of drug-likeness (QED) is 0.0584. The maximum Gasteiger partial charge on any atom is 0.335 e. The van der Waals surface area contributed by atoms with Gasteiger partial charge in [-0.25, -0.2) is 28.5 Å². The number of amides is 7. The highest BCUT2D eigenvalue weighted by Crippen LogP contribution is 2.30. The number of ether oxygens (including phenoxy) is 2. The molecule has 4 N–H and O–H groups in total. The number of barbiturate groups is 1. The number of furan rings is 1. The third kappa shape index (κ3) is 9.69. The summed E-state index contributed by atoms with van der Waals surface area (Å²) in [6.07, 6.45) is 3.55. The molecular formula is C44H35FN4O12. The van der Waals surface area contributed by atoms with Gasteiger partial charge in [0.15, 0.2) is 11.5 Å². The van der Waals surface area contributed by atoms with E-state index < -0.39 is 47.5 Å². The fourth-order valence-electron chi connectivity index (χ4n) is 5.93. The minimum absolute atomic E-state index is 0.00191. The lowest BCUT2D eigenvalue weighted by Gasteiger charge is -2.26. The number of carboxylic acids is 2. The van der Waals surface area contributed by atoms with Crippen molar-refractivity contribution in [1.82, 2.24) is 15.5 Å². The van der Waals surface area contributed by atoms with E-state index in [1.807, 2.05) is 6.92 Å². The average molecular weight is 831 g/mol. The average Bonchev–Trinajstić information content (AvgIpc) is 3.82. The lowest BCUT2D eigenvalue weighted by Crippen LogP contribution is -2.54. The number of nitrogens with zero attached hydrogens (tertiary/aromatic N) is 2. The summed E-state index contributed by atoms with van der Waals surface area (Å²) in [6, 6.07) is 23.9. The molecular weight excluding hydrogens is 795 g/mol. The van der Waals surface area contributed by atoms with E-state index in [-0.39, 0.29) is 40.2 Å². The van der Waals surface area contributed by atoms with Crippen LogP contribution < -0.4 is 25.0 Å². The molecule has 0 aliphatic carbocycles. The minimum Gasteiger partial charge on any atom is -0.493 e. The summed E-state index contributed by atoms with van der Waals surface area (Å²) >= 11 is 0. The summed E-state index contributed by atoms with van der Waals surface area (Å²) in [4.78, 5) is 85.9. The number of nitrogens with one attached hydrogen (secondary N) is 2. The van der Waals surface area contributed by atoms with Crippen LogP contribution >= 0.6 is 0 Å². The van der Waals surface area contributed by atoms with Gasteiger partial charge in [0, 0.05) is 17.2 Å². The number of anilines is 1. The Labute approximate surface area is 346 Å². The Morgan fingerprint density at radius 3 is 2.08 bits per heavy atom. The van der Waals surface area contributed by atoms with Crippen molar-refractivity contribution in [2.24, 2.45) is 0 Å². The second-order valence-electron chi connectivity index (χ2n) is 13.1. The van der Waals surface area contributed by atoms with E-state index >= 15 is 0 Å². The summed E-state index contributed by atoms with van der Waals surface area (Å²) in [5.41, 5.74) is 1.42. The van der Waals surface area contributed by atoms with Crippen molar-refractivity contribution in [3.8, 4) is 22.8 Å². The predicted octanol–water partition coefficient (Wildman–Crippen LogP) is 6.73. The van der Waals surface area contributed by atoms with Crippen molar-refractivity contribution in [3.63, 3.8) is 0 Å². The molecule has 2 aliphatic rings. The molecule has 0 unspecified atom stereocenters. The highest BCUT2D eigenvalue weighted by Gasteiger charge is 2.37. The van der Waals surface area contributed by atoms with Gasteiger partial charge in [0.05, 0.1) is 37.1 Å². The first-order valence-corrected chi connectivity index (χ1v) is 18.3. The highest BCUT2D eigenvalue weighted by molar-refractivity contribution is 6.39. The van der Waals surface area contributed by atoms with Crippen molar-refractivity contribution < 1.29 is 62.1 Å². The number of imide groups is 3. The fourth-order valence-corrected chi connectivity index (χ4v) is 5.93. The van der Waals surface area contributed by atoms with Crippen molar-refractivity contribution in [2.75, 3.05) is 18.6 Å². The zero-order valence-electron chi connectivity index (χ0n) is 32.3. The minimum atomic E-state index is -1.14. The fraction of sp³-hybridized carbons (Fsp3) is 0.114. The van der Waals surface area contributed by atoms with Crippen LogP contribution in [0, 0.1) is 5.82 Å². The van der Waals surface area contributed by atoms with Crippen LogP contribution in [0.4, 0.5) is 19.7 Å². The molecule has 2 fully saturated rings. The van der Waals surface area contributed by atoms with Crippen molar-refractivity contribution in [1.29, 1.82) is 0 Å². The maximum absolute atomic E-state index is 13.8. The monoisotopic (exact) mass is 830 g/mol. The number of halogens is 1. The van der Waals surface area contributed by atoms with E-state index in [0.29, 0.717) is 40.8 Å². The zero-order chi connectivity index (χ0) is 43.8. The van der Waals surface area contributed by atoms with Crippen molar-refractivity contribution in [3.05, 3.63) is 148 Å². The van der Waals surface area contributed by atoms with Gasteiger partial charge >= 0.3 is 24.0 Å². The Morgan fingerprint density at radius 1 is 0.770 bits per heavy atom. The predicted molar refractivity (Wildman–Crippen MR) is 216 cm³/mol. The first-order valence-electron chi connectivity index (χ1n) is 18.3. The van der Waals surface area contributed by atoms with Gasteiger partial charge in [-0.2, -0.15) is 0 Å². The van der Waals surface area contributed by atoms with Gasteiger partial charge in [-0.1, -0.05) is 43.3 Å². The molecule has 17 heteroatoms. The molecule has 310 valence electrons. The molecule has 2 aliphatic heterocycles. The number of hydrogen-bond donors (Lipinski definition) is 4. The van der Waals surface area contributed by atoms with Crippen LogP contribution in [0.5, 0.6) is 11.5 Å². The molecule has 61 heavy (non-hydrogen) atoms. The largest absolute Gasteiger partial charge is 0.493 e. The zero-order valence-corrected chi connectivity index (χ0v) is 32.3. The first-order chi connectivity index (χ1) is 29.3. The molecule has 0 bridgehead atoms. The van der Waals surface area contributed by atoms with Gasteiger partial charge in [-0.05, 0) is 84.8 Å². The summed E-state index contributed by atoms with van der Waals surface area (Å²) in [5, 5.41) is 22.6. The van der Waals surface area contributed by atoms with E-state index in [1.165, 1.54) is 73.9 Å². The molecule has 16 nitrogen and oxygen atoms in total. The number of carbonyl (C=O) groups excluding carboxylic acids is 5. The lowest BCUT2D eigenvalue weighted by atomic mass is 10.1. The van der Waals surface area contributed by atoms with Crippen LogP contribution in [-0.2, 0) is 20.9 Å². The molecule has 7 amide bonds. The standard InChI is InChI=1S/C22H15FN2O5.C22H20N2O7/c23-17-4-2-1-3-15(17)12-25-20(26)18(24-22(25)29)11-16-9-10-19(30-16)13-5-7-14(8-6-13)21(27)28;1-3-10-31-17-9-4-13(12-18(17)30-2)11-16-19(25)23-22(29)24(20(16)26)15-7-5-14(6-8-15)21(27)28/h1-11H,12H2,(H,24,29)(H,27,28);4-9,11-12H,3,10H2,1-2H3,(H,27,28)(H,23,25,29). The lowest BCUT2D eigenvalue weighted by molar-refractivity contribution is -0.124. The van der Waals surface area contributed by atoms with Gasteiger partial charge in [0.2, 0.25) is 0 Å². The van der Waals surface area contributed by atoms with E-state index in [1.54, 1.807) is 48.5 Å². The number of hydrogen-bond acceptors (Lipinski definition) is 10. The number of rotatable bonds is 12. The van der Waals surface area contributed by atoms with E-state index in [0.717, 1.165) is 16.2 Å². The number of urea groups is 2. The molecule has 4 aromatic carbocycles. The molecule has 5 aromatic rings. The summed E-state index contributed by atoms with van der Waals surface area (Å²) in [5.74, 6) is -3.17. The van der Waals surface area contributed by atoms with Gasteiger partial charge in [0.25, 0.3) is 17.7 Å². The van der Waals surface area contributed by atoms with Crippen LogP contribution in [-0.4, -0.2) is 70.6 Å². The first kappa shape index (κ1) is 42.3. The van der Waals surface area contributed by atoms with Crippen LogP contribution in [0.15, 0.2) is 119 Å². The van der Waals surface area contributed by atoms with Gasteiger partial charge in [-0.3, -0.25) is 24.6 Å². The van der Waals surface area contributed by atoms with E-state index in [4.69, 9.17) is 24.1 Å². The molecule has 7 rings (SSSR count). The maximum atomic E-state index is 13.8. The number of carbonyl (C=O) groups is 7. The Balaban J connectivity index is 0.000000204. The van der Waals surface area contributed by atoms with Crippen molar-refractivity contribution >= 4 is 59.6 Å². The van der Waals surface area contributed by atoms with E-state index in [2.05, 4.69) is 10.6 Å². The molecule has 0 atom stereocenters. The van der Waals surface area contributed by atoms with Crippen LogP contribution in [0.3, 0.4) is 0 Å². The molecule has 0 saturated carbocycles. The second-order valence-corrected chi connectivity index (χ2v) is 13.1. The van der Waals surface area contributed by atoms with Crippen molar-refractivity contribution in [2.45, 2.75) is 19.9 Å². The van der Waals surface area contributed by atoms with E-state index in [9.17, 15) is 38.0 Å². The van der Waals surface area contributed by atoms with Gasteiger partial charge in [0.1, 0.15) is 28.6 Å². The normalized spacial score (nSPS) is 15.0. The smallest absolute Gasteiger partial charge is 0.335 e. The van der Waals surface area contributed by atoms with Gasteiger partial charge < -0.3 is 29.4 Å². The second kappa shape index (κ2) is 18.5. The third-order valence-electron chi connectivity index (χ3n) is 9.01. The Morgan fingerprint density at radius 2 is 1.44 bits per heavy atom. The number of methoxy groups -OCH3 is 1. The Kier molecular flexibility index (Phi) is 12.8. The molecule has 3 heterocycles. The Bertz CT molecular complexity index is 2620. The SMILES string of the molecule is CCCOc1ccc(C=C2C(=O)NC(=O)N(c3ccc(C(=O)O)cc3)C2=O)cc1OC.O=C(O)c1ccc(-c2ccc(C=C3NC(=O)N(Cc4ccccc4F)C3=O)o2)cc1. The number of carboxylic acid groups (broad SMARTS) is 2. The number of aromatic carboxylic acids is 2. The van der Waals surface area contributed by atoms with Crippen LogP contribution in [0.1, 0.15) is 50.9 Å². The van der Waals surface area contributed by atoms with Crippen LogP contribution in [0.2, 0.25) is 0 Å². The highest BCUT2D eigenvalue weighted by atomic mass is 19.1. The summed E-state index contributed by atoms with van der Waals surface area (Å²) in [6.45, 7) is 2.30. The van der Waals surface area contributed by atoms with Crippen LogP contribution in [0.25, 0.3) is 23.5 Å². The molecule has 1 aromatic heterocycles. The summed E-state index contributed by atoms with van der Waals surface area (Å²) in [7, 11) is 1.48. The third-order valence-corrected chi connectivity index (χ3v) is 9.01.